The zero-order chi connectivity index (χ0) is 14.6. The second-order valence-corrected chi connectivity index (χ2v) is 5.24. The summed E-state index contributed by atoms with van der Waals surface area (Å²) in [5, 5.41) is 6.04. The summed E-state index contributed by atoms with van der Waals surface area (Å²) in [6.07, 6.45) is 1.67. The van der Waals surface area contributed by atoms with E-state index in [0.717, 1.165) is 18.0 Å². The van der Waals surface area contributed by atoms with Crippen molar-refractivity contribution in [1.82, 2.24) is 10.6 Å². The lowest BCUT2D eigenvalue weighted by Gasteiger charge is -2.06. The molecule has 0 aliphatic rings. The van der Waals surface area contributed by atoms with Crippen LogP contribution in [0.4, 0.5) is 0 Å². The molecule has 0 unspecified atom stereocenters. The summed E-state index contributed by atoms with van der Waals surface area (Å²) in [5.74, 6) is 0.458. The highest BCUT2D eigenvalue weighted by atomic mass is 32.2. The van der Waals surface area contributed by atoms with Crippen LogP contribution in [0, 0.1) is 0 Å². The molecule has 0 saturated heterocycles. The first kappa shape index (κ1) is 16.8. The van der Waals surface area contributed by atoms with Crippen molar-refractivity contribution in [3.63, 3.8) is 0 Å². The molecular formula is C15H22N2O2S. The summed E-state index contributed by atoms with van der Waals surface area (Å²) >= 11 is 1.53. The molecule has 0 radical (unpaired) electrons. The molecule has 4 nitrogen and oxygen atoms in total. The Hall–Kier alpha value is -1.30. The van der Waals surface area contributed by atoms with Crippen molar-refractivity contribution in [2.24, 2.45) is 0 Å². The minimum atomic E-state index is 0.0280. The molecule has 1 aromatic carbocycles. The molecular weight excluding hydrogens is 272 g/mol. The van der Waals surface area contributed by atoms with Crippen LogP contribution < -0.4 is 10.6 Å². The molecule has 20 heavy (non-hydrogen) atoms. The Morgan fingerprint density at radius 1 is 1.40 bits per heavy atom. The highest BCUT2D eigenvalue weighted by Crippen LogP contribution is 2.18. The van der Waals surface area contributed by atoms with E-state index in [-0.39, 0.29) is 5.91 Å². The van der Waals surface area contributed by atoms with Crippen molar-refractivity contribution < 1.29 is 9.53 Å². The zero-order valence-electron chi connectivity index (χ0n) is 11.9. The maximum atomic E-state index is 11.4. The van der Waals surface area contributed by atoms with Gasteiger partial charge >= 0.3 is 0 Å². The Balaban J connectivity index is 2.27. The second kappa shape index (κ2) is 10.5. The van der Waals surface area contributed by atoms with Crippen molar-refractivity contribution in [2.75, 3.05) is 32.6 Å². The maximum absolute atomic E-state index is 11.4. The van der Waals surface area contributed by atoms with E-state index in [0.29, 0.717) is 18.9 Å². The molecule has 0 saturated carbocycles. The van der Waals surface area contributed by atoms with Crippen molar-refractivity contribution in [2.45, 2.75) is 11.4 Å². The van der Waals surface area contributed by atoms with Crippen molar-refractivity contribution in [3.8, 4) is 0 Å². The van der Waals surface area contributed by atoms with Gasteiger partial charge in [0.1, 0.15) is 0 Å². The second-order valence-electron chi connectivity index (χ2n) is 4.19. The van der Waals surface area contributed by atoms with Crippen molar-refractivity contribution >= 4 is 17.7 Å². The fourth-order valence-electron chi connectivity index (χ4n) is 1.50. The van der Waals surface area contributed by atoms with Gasteiger partial charge in [0, 0.05) is 31.6 Å². The Morgan fingerprint density at radius 2 is 2.15 bits per heavy atom. The normalized spacial score (nSPS) is 10.2. The lowest BCUT2D eigenvalue weighted by Crippen LogP contribution is -2.24. The largest absolute Gasteiger partial charge is 0.383 e. The molecule has 1 aromatic rings. The standard InChI is InChI=1S/C15H22N2O2S/c1-3-8-17-15(18)12-20-14-6-4-13(5-7-14)11-16-9-10-19-2/h3-7,16H,1,8-12H2,2H3,(H,17,18). The topological polar surface area (TPSA) is 50.4 Å². The Kier molecular flexibility index (Phi) is 8.78. The Labute approximate surface area is 125 Å². The molecule has 1 rings (SSSR count). The van der Waals surface area contributed by atoms with E-state index < -0.39 is 0 Å². The lowest BCUT2D eigenvalue weighted by atomic mass is 10.2. The SMILES string of the molecule is C=CCNC(=O)CSc1ccc(CNCCOC)cc1. The first-order valence-electron chi connectivity index (χ1n) is 6.55. The monoisotopic (exact) mass is 294 g/mol. The first-order chi connectivity index (χ1) is 9.76. The van der Waals surface area contributed by atoms with Crippen LogP contribution in [0.3, 0.4) is 0 Å². The maximum Gasteiger partial charge on any atom is 0.230 e. The van der Waals surface area contributed by atoms with Crippen LogP contribution in [0.15, 0.2) is 41.8 Å². The summed E-state index contributed by atoms with van der Waals surface area (Å²) in [6, 6.07) is 8.23. The summed E-state index contributed by atoms with van der Waals surface area (Å²) in [4.78, 5) is 12.5. The van der Waals surface area contributed by atoms with Gasteiger partial charge in [0.25, 0.3) is 0 Å². The molecule has 0 atom stereocenters. The van der Waals surface area contributed by atoms with E-state index in [4.69, 9.17) is 4.74 Å². The van der Waals surface area contributed by atoms with Crippen molar-refractivity contribution in [3.05, 3.63) is 42.5 Å². The minimum Gasteiger partial charge on any atom is -0.383 e. The predicted molar refractivity (Wildman–Crippen MR) is 84.0 cm³/mol. The first-order valence-corrected chi connectivity index (χ1v) is 7.54. The van der Waals surface area contributed by atoms with Gasteiger partial charge in [0.05, 0.1) is 12.4 Å². The third-order valence-corrected chi connectivity index (χ3v) is 3.56. The molecule has 110 valence electrons. The molecule has 0 bridgehead atoms. The third-order valence-electron chi connectivity index (χ3n) is 2.55. The Morgan fingerprint density at radius 3 is 2.80 bits per heavy atom. The van der Waals surface area contributed by atoms with Crippen molar-refractivity contribution in [1.29, 1.82) is 0 Å². The molecule has 2 N–H and O–H groups in total. The summed E-state index contributed by atoms with van der Waals surface area (Å²) in [7, 11) is 1.69. The molecule has 0 heterocycles. The van der Waals surface area contributed by atoms with Gasteiger partial charge < -0.3 is 15.4 Å². The highest BCUT2D eigenvalue weighted by Gasteiger charge is 2.01. The van der Waals surface area contributed by atoms with Gasteiger partial charge in [-0.1, -0.05) is 18.2 Å². The van der Waals surface area contributed by atoms with Gasteiger partial charge in [0.2, 0.25) is 5.91 Å². The number of hydrogen-bond acceptors (Lipinski definition) is 4. The molecule has 0 spiro atoms. The van der Waals surface area contributed by atoms with E-state index in [2.05, 4.69) is 29.3 Å². The van der Waals surface area contributed by atoms with Gasteiger partial charge in [-0.3, -0.25) is 4.79 Å². The minimum absolute atomic E-state index is 0.0280. The number of carbonyl (C=O) groups excluding carboxylic acids is 1. The van der Waals surface area contributed by atoms with Gasteiger partial charge in [-0.05, 0) is 17.7 Å². The number of carbonyl (C=O) groups is 1. The number of benzene rings is 1. The molecule has 0 aliphatic heterocycles. The fraction of sp³-hybridized carbons (Fsp3) is 0.400. The number of ether oxygens (including phenoxy) is 1. The van der Waals surface area contributed by atoms with E-state index in [9.17, 15) is 4.79 Å². The number of thioether (sulfide) groups is 1. The smallest absolute Gasteiger partial charge is 0.230 e. The van der Waals surface area contributed by atoms with E-state index in [1.165, 1.54) is 17.3 Å². The van der Waals surface area contributed by atoms with Gasteiger partial charge in [0.15, 0.2) is 0 Å². The average Bonchev–Trinajstić information content (AvgIpc) is 2.48. The van der Waals surface area contributed by atoms with Crippen LogP contribution in [0.2, 0.25) is 0 Å². The van der Waals surface area contributed by atoms with Gasteiger partial charge in [-0.15, -0.1) is 18.3 Å². The average molecular weight is 294 g/mol. The third kappa shape index (κ3) is 7.33. The molecule has 0 aliphatic carbocycles. The van der Waals surface area contributed by atoms with E-state index in [1.54, 1.807) is 13.2 Å². The van der Waals surface area contributed by atoms with Crippen LogP contribution in [0.1, 0.15) is 5.56 Å². The summed E-state index contributed by atoms with van der Waals surface area (Å²) in [6.45, 7) is 6.47. The predicted octanol–water partition coefficient (Wildman–Crippen LogP) is 1.82. The van der Waals surface area contributed by atoms with Crippen LogP contribution in [0.25, 0.3) is 0 Å². The van der Waals surface area contributed by atoms with Crippen LogP contribution in [0.5, 0.6) is 0 Å². The zero-order valence-corrected chi connectivity index (χ0v) is 12.7. The molecule has 0 fully saturated rings. The van der Waals surface area contributed by atoms with Crippen LogP contribution in [-0.2, 0) is 16.1 Å². The molecule has 5 heteroatoms. The highest BCUT2D eigenvalue weighted by molar-refractivity contribution is 8.00. The number of amides is 1. The van der Waals surface area contributed by atoms with Crippen LogP contribution in [-0.4, -0.2) is 38.5 Å². The van der Waals surface area contributed by atoms with Crippen LogP contribution >= 0.6 is 11.8 Å². The van der Waals surface area contributed by atoms with Gasteiger partial charge in [-0.2, -0.15) is 0 Å². The van der Waals surface area contributed by atoms with E-state index in [1.807, 2.05) is 12.1 Å². The van der Waals surface area contributed by atoms with E-state index >= 15 is 0 Å². The fourth-order valence-corrected chi connectivity index (χ4v) is 2.22. The number of hydrogen-bond donors (Lipinski definition) is 2. The number of methoxy groups -OCH3 is 1. The van der Waals surface area contributed by atoms with Gasteiger partial charge in [-0.25, -0.2) is 0 Å². The molecule has 1 amide bonds. The lowest BCUT2D eigenvalue weighted by molar-refractivity contribution is -0.118. The quantitative estimate of drug-likeness (QED) is 0.393. The Bertz CT molecular complexity index is 407. The number of nitrogens with one attached hydrogen (secondary N) is 2. The summed E-state index contributed by atoms with van der Waals surface area (Å²) < 4.78 is 4.97. The summed E-state index contributed by atoms with van der Waals surface area (Å²) in [5.41, 5.74) is 1.22. The molecule has 0 aromatic heterocycles. The number of rotatable bonds is 10.